The maximum atomic E-state index is 13.2. The number of carbonyl (C=O) groups excluding carboxylic acids is 1. The molecule has 24 heavy (non-hydrogen) atoms. The maximum Gasteiger partial charge on any atom is 0.416 e. The van der Waals surface area contributed by atoms with Gasteiger partial charge in [0.2, 0.25) is 0 Å². The van der Waals surface area contributed by atoms with Crippen LogP contribution in [0.5, 0.6) is 0 Å². The summed E-state index contributed by atoms with van der Waals surface area (Å²) in [5.74, 6) is -0.0950. The first-order chi connectivity index (χ1) is 10.9. The number of carbonyl (C=O) groups is 1. The minimum absolute atomic E-state index is 0.0332. The third kappa shape index (κ3) is 5.47. The lowest BCUT2D eigenvalue weighted by Gasteiger charge is -2.22. The van der Waals surface area contributed by atoms with E-state index in [9.17, 15) is 22.8 Å². The molecular weight excluding hydrogens is 321 g/mol. The Bertz CT molecular complexity index is 634. The molecule has 1 unspecified atom stereocenters. The van der Waals surface area contributed by atoms with Crippen molar-refractivity contribution in [2.24, 2.45) is 5.92 Å². The number of halogens is 3. The Morgan fingerprint density at radius 3 is 2.29 bits per heavy atom. The second-order valence-electron chi connectivity index (χ2n) is 6.76. The van der Waals surface area contributed by atoms with Gasteiger partial charge in [-0.3, -0.25) is 9.59 Å². The zero-order chi connectivity index (χ0) is 18.7. The number of nitrogens with zero attached hydrogens (tertiary/aromatic N) is 2. The summed E-state index contributed by atoms with van der Waals surface area (Å²) >= 11 is 0. The number of likely N-dealkylation sites (N-methyl/N-ethyl adjacent to an activating group) is 1. The topological polar surface area (TPSA) is 42.3 Å². The molecule has 0 aliphatic heterocycles. The van der Waals surface area contributed by atoms with Crippen molar-refractivity contribution in [3.05, 3.63) is 33.7 Å². The molecule has 0 spiro atoms. The largest absolute Gasteiger partial charge is 0.416 e. The van der Waals surface area contributed by atoms with Gasteiger partial charge in [-0.2, -0.15) is 13.2 Å². The Kier molecular flexibility index (Phi) is 6.77. The molecule has 0 aromatic carbocycles. The predicted octanol–water partition coefficient (Wildman–Crippen LogP) is 3.15. The molecule has 1 atom stereocenters. The number of rotatable bonds is 7. The average molecular weight is 346 g/mol. The lowest BCUT2D eigenvalue weighted by Crippen LogP contribution is -2.32. The van der Waals surface area contributed by atoms with Crippen LogP contribution in [-0.4, -0.2) is 35.9 Å². The molecule has 0 N–H and O–H groups in total. The average Bonchev–Trinajstić information content (AvgIpc) is 2.41. The van der Waals surface area contributed by atoms with Gasteiger partial charge in [0.25, 0.3) is 5.56 Å². The van der Waals surface area contributed by atoms with Gasteiger partial charge in [0.05, 0.1) is 11.6 Å². The molecule has 1 rings (SSSR count). The fourth-order valence-corrected chi connectivity index (χ4v) is 2.56. The normalized spacial score (nSPS) is 13.6. The zero-order valence-electron chi connectivity index (χ0n) is 14.8. The summed E-state index contributed by atoms with van der Waals surface area (Å²) in [6.45, 7) is 5.57. The SMILES string of the molecule is CC(=O)C(CC(C)C)n1cc(CCN(C)C)c(C(F)(F)F)cc1=O. The van der Waals surface area contributed by atoms with Crippen LogP contribution >= 0.6 is 0 Å². The van der Waals surface area contributed by atoms with Gasteiger partial charge in [-0.1, -0.05) is 13.8 Å². The minimum atomic E-state index is -4.59. The molecular formula is C17H25F3N2O2. The van der Waals surface area contributed by atoms with Crippen molar-refractivity contribution in [2.75, 3.05) is 20.6 Å². The van der Waals surface area contributed by atoms with Gasteiger partial charge < -0.3 is 9.47 Å². The monoisotopic (exact) mass is 346 g/mol. The molecule has 7 heteroatoms. The Morgan fingerprint density at radius 1 is 1.29 bits per heavy atom. The highest BCUT2D eigenvalue weighted by Crippen LogP contribution is 2.32. The van der Waals surface area contributed by atoms with Gasteiger partial charge in [0, 0.05) is 18.8 Å². The van der Waals surface area contributed by atoms with E-state index in [1.54, 1.807) is 19.0 Å². The first kappa shape index (κ1) is 20.4. The number of alkyl halides is 3. The summed E-state index contributed by atoms with van der Waals surface area (Å²) in [4.78, 5) is 25.9. The van der Waals surface area contributed by atoms with E-state index in [4.69, 9.17) is 0 Å². The van der Waals surface area contributed by atoms with E-state index in [-0.39, 0.29) is 23.7 Å². The van der Waals surface area contributed by atoms with Crippen LogP contribution in [0.2, 0.25) is 0 Å². The number of aromatic nitrogens is 1. The molecule has 0 amide bonds. The van der Waals surface area contributed by atoms with Crippen LogP contribution in [0.25, 0.3) is 0 Å². The number of hydrogen-bond donors (Lipinski definition) is 0. The van der Waals surface area contributed by atoms with Gasteiger partial charge in [0.15, 0.2) is 5.78 Å². The fourth-order valence-electron chi connectivity index (χ4n) is 2.56. The van der Waals surface area contributed by atoms with E-state index in [1.165, 1.54) is 13.1 Å². The summed E-state index contributed by atoms with van der Waals surface area (Å²) in [6.07, 6.45) is -2.82. The highest BCUT2D eigenvalue weighted by molar-refractivity contribution is 5.80. The third-order valence-corrected chi connectivity index (χ3v) is 3.80. The molecule has 0 radical (unpaired) electrons. The summed E-state index contributed by atoms with van der Waals surface area (Å²) in [7, 11) is 3.53. The molecule has 0 aliphatic rings. The molecule has 1 heterocycles. The predicted molar refractivity (Wildman–Crippen MR) is 87.1 cm³/mol. The van der Waals surface area contributed by atoms with Crippen LogP contribution in [0.1, 0.15) is 44.4 Å². The molecule has 0 saturated carbocycles. The molecule has 0 aliphatic carbocycles. The Hall–Kier alpha value is -1.63. The van der Waals surface area contributed by atoms with Gasteiger partial charge in [0.1, 0.15) is 0 Å². The van der Waals surface area contributed by atoms with Crippen molar-refractivity contribution in [2.45, 2.75) is 45.8 Å². The number of pyridine rings is 1. The molecule has 0 fully saturated rings. The smallest absolute Gasteiger partial charge is 0.309 e. The van der Waals surface area contributed by atoms with Crippen LogP contribution in [0.15, 0.2) is 17.1 Å². The van der Waals surface area contributed by atoms with Gasteiger partial charge >= 0.3 is 6.18 Å². The van der Waals surface area contributed by atoms with Crippen LogP contribution < -0.4 is 5.56 Å². The van der Waals surface area contributed by atoms with E-state index in [2.05, 4.69) is 0 Å². The second kappa shape index (κ2) is 7.96. The van der Waals surface area contributed by atoms with Crippen molar-refractivity contribution in [3.63, 3.8) is 0 Å². The highest BCUT2D eigenvalue weighted by Gasteiger charge is 2.35. The number of Topliss-reactive ketones (excluding diaryl/α,β-unsaturated/α-hetero) is 1. The molecule has 0 bridgehead atoms. The van der Waals surface area contributed by atoms with Crippen molar-refractivity contribution < 1.29 is 18.0 Å². The number of ketones is 1. The van der Waals surface area contributed by atoms with Gasteiger partial charge in [-0.05, 0) is 45.3 Å². The molecule has 4 nitrogen and oxygen atoms in total. The number of hydrogen-bond acceptors (Lipinski definition) is 3. The van der Waals surface area contributed by atoms with E-state index >= 15 is 0 Å². The Morgan fingerprint density at radius 2 is 1.88 bits per heavy atom. The van der Waals surface area contributed by atoms with Crippen molar-refractivity contribution in [3.8, 4) is 0 Å². The van der Waals surface area contributed by atoms with Crippen LogP contribution in [0.4, 0.5) is 13.2 Å². The summed E-state index contributed by atoms with van der Waals surface area (Å²) in [5.41, 5.74) is -1.68. The zero-order valence-corrected chi connectivity index (χ0v) is 14.8. The lowest BCUT2D eigenvalue weighted by molar-refractivity contribution is -0.138. The van der Waals surface area contributed by atoms with E-state index in [1.807, 2.05) is 13.8 Å². The summed E-state index contributed by atoms with van der Waals surface area (Å²) in [6, 6.07) is -0.126. The fraction of sp³-hybridized carbons (Fsp3) is 0.647. The van der Waals surface area contributed by atoms with Gasteiger partial charge in [-0.25, -0.2) is 0 Å². The third-order valence-electron chi connectivity index (χ3n) is 3.80. The van der Waals surface area contributed by atoms with E-state index < -0.39 is 23.3 Å². The standard InChI is InChI=1S/C17H25F3N2O2/c1-11(2)8-15(12(3)23)22-10-13(6-7-21(4)5)14(9-16(22)24)17(18,19)20/h9-11,15H,6-8H2,1-5H3. The summed E-state index contributed by atoms with van der Waals surface area (Å²) < 4.78 is 40.8. The Labute approximate surface area is 140 Å². The van der Waals surface area contributed by atoms with Crippen LogP contribution in [-0.2, 0) is 17.4 Å². The highest BCUT2D eigenvalue weighted by atomic mass is 19.4. The minimum Gasteiger partial charge on any atom is -0.309 e. The molecule has 0 saturated heterocycles. The van der Waals surface area contributed by atoms with E-state index in [0.717, 1.165) is 4.57 Å². The van der Waals surface area contributed by atoms with Crippen molar-refractivity contribution in [1.29, 1.82) is 0 Å². The van der Waals surface area contributed by atoms with Crippen molar-refractivity contribution >= 4 is 5.78 Å². The van der Waals surface area contributed by atoms with Gasteiger partial charge in [-0.15, -0.1) is 0 Å². The first-order valence-corrected chi connectivity index (χ1v) is 7.91. The summed E-state index contributed by atoms with van der Waals surface area (Å²) in [5, 5.41) is 0. The lowest BCUT2D eigenvalue weighted by atomic mass is 9.99. The van der Waals surface area contributed by atoms with Crippen LogP contribution in [0.3, 0.4) is 0 Å². The van der Waals surface area contributed by atoms with E-state index in [0.29, 0.717) is 19.0 Å². The maximum absolute atomic E-state index is 13.2. The Balaban J connectivity index is 3.44. The van der Waals surface area contributed by atoms with Crippen molar-refractivity contribution in [1.82, 2.24) is 9.47 Å². The molecule has 1 aromatic rings. The first-order valence-electron chi connectivity index (χ1n) is 7.91. The van der Waals surface area contributed by atoms with Crippen LogP contribution in [0, 0.1) is 5.92 Å². The quantitative estimate of drug-likeness (QED) is 0.762. The molecule has 1 aromatic heterocycles. The second-order valence-corrected chi connectivity index (χ2v) is 6.76. The molecule has 136 valence electrons.